The largest absolute Gasteiger partial charge is 0.314 e. The summed E-state index contributed by atoms with van der Waals surface area (Å²) in [5, 5.41) is 3.56. The van der Waals surface area contributed by atoms with Crippen LogP contribution in [0.1, 0.15) is 57.8 Å². The summed E-state index contributed by atoms with van der Waals surface area (Å²) in [6.45, 7) is 2.49. The minimum atomic E-state index is -3.03. The first-order chi connectivity index (χ1) is 10.1. The fraction of sp³-hybridized carbons (Fsp3) is 1.00. The predicted octanol–water partition coefficient (Wildman–Crippen LogP) is 2.36. The second kappa shape index (κ2) is 6.97. The standard InChI is InChI=1S/C16H30N2O2S/c19-21(20,13-14-5-2-1-3-6-14)18-10-4-7-15(12-18)11-17-16-8-9-16/h14-17H,1-13H2. The lowest BCUT2D eigenvalue weighted by Gasteiger charge is -2.33. The maximum absolute atomic E-state index is 12.7. The van der Waals surface area contributed by atoms with Crippen LogP contribution in [0.4, 0.5) is 0 Å². The molecule has 0 amide bonds. The lowest BCUT2D eigenvalue weighted by atomic mass is 9.91. The molecule has 1 N–H and O–H groups in total. The molecule has 3 fully saturated rings. The molecule has 0 aromatic heterocycles. The molecule has 0 spiro atoms. The van der Waals surface area contributed by atoms with Crippen LogP contribution in [0.15, 0.2) is 0 Å². The van der Waals surface area contributed by atoms with Gasteiger partial charge in [0.1, 0.15) is 0 Å². The Hall–Kier alpha value is -0.130. The lowest BCUT2D eigenvalue weighted by Crippen LogP contribution is -2.44. The van der Waals surface area contributed by atoms with E-state index in [1.807, 2.05) is 0 Å². The van der Waals surface area contributed by atoms with Crippen LogP contribution in [0, 0.1) is 11.8 Å². The van der Waals surface area contributed by atoms with Crippen molar-refractivity contribution in [2.45, 2.75) is 63.8 Å². The summed E-state index contributed by atoms with van der Waals surface area (Å²) >= 11 is 0. The van der Waals surface area contributed by atoms with Crippen LogP contribution in [-0.4, -0.2) is 44.2 Å². The van der Waals surface area contributed by atoms with Gasteiger partial charge in [-0.2, -0.15) is 0 Å². The monoisotopic (exact) mass is 314 g/mol. The van der Waals surface area contributed by atoms with E-state index in [1.165, 1.54) is 38.5 Å². The average Bonchev–Trinajstić information content (AvgIpc) is 3.30. The smallest absolute Gasteiger partial charge is 0.214 e. The molecule has 0 aromatic carbocycles. The van der Waals surface area contributed by atoms with Crippen LogP contribution >= 0.6 is 0 Å². The molecule has 1 unspecified atom stereocenters. The molecule has 3 rings (SSSR count). The number of nitrogens with zero attached hydrogens (tertiary/aromatic N) is 1. The fourth-order valence-corrected chi connectivity index (χ4v) is 5.81. The topological polar surface area (TPSA) is 49.4 Å². The molecule has 4 nitrogen and oxygen atoms in total. The van der Waals surface area contributed by atoms with Gasteiger partial charge in [0.25, 0.3) is 0 Å². The first kappa shape index (κ1) is 15.8. The van der Waals surface area contributed by atoms with Crippen molar-refractivity contribution in [3.8, 4) is 0 Å². The van der Waals surface area contributed by atoms with Crippen LogP contribution in [-0.2, 0) is 10.0 Å². The van der Waals surface area contributed by atoms with Gasteiger partial charge in [-0.15, -0.1) is 0 Å². The normalized spacial score (nSPS) is 29.6. The zero-order valence-electron chi connectivity index (χ0n) is 13.1. The van der Waals surface area contributed by atoms with Gasteiger partial charge in [0.05, 0.1) is 5.75 Å². The highest BCUT2D eigenvalue weighted by atomic mass is 32.2. The molecule has 1 aliphatic heterocycles. The van der Waals surface area contributed by atoms with E-state index >= 15 is 0 Å². The van der Waals surface area contributed by atoms with E-state index in [0.29, 0.717) is 17.6 Å². The summed E-state index contributed by atoms with van der Waals surface area (Å²) in [5.41, 5.74) is 0. The summed E-state index contributed by atoms with van der Waals surface area (Å²) in [6, 6.07) is 0.722. The number of piperidine rings is 1. The molecule has 2 aliphatic carbocycles. The summed E-state index contributed by atoms with van der Waals surface area (Å²) in [6.07, 6.45) is 10.7. The van der Waals surface area contributed by atoms with E-state index in [-0.39, 0.29) is 0 Å². The highest BCUT2D eigenvalue weighted by molar-refractivity contribution is 7.89. The number of nitrogens with one attached hydrogen (secondary N) is 1. The molecule has 21 heavy (non-hydrogen) atoms. The molecular formula is C16H30N2O2S. The van der Waals surface area contributed by atoms with Crippen LogP contribution in [0.25, 0.3) is 0 Å². The molecular weight excluding hydrogens is 284 g/mol. The Morgan fingerprint density at radius 2 is 1.62 bits per heavy atom. The molecule has 0 aromatic rings. The quantitative estimate of drug-likeness (QED) is 0.819. The van der Waals surface area contributed by atoms with E-state index in [1.54, 1.807) is 4.31 Å². The molecule has 1 saturated heterocycles. The fourth-order valence-electron chi connectivity index (χ4n) is 3.82. The zero-order valence-corrected chi connectivity index (χ0v) is 13.9. The van der Waals surface area contributed by atoms with Gasteiger partial charge < -0.3 is 5.32 Å². The molecule has 0 bridgehead atoms. The molecule has 1 atom stereocenters. The van der Waals surface area contributed by atoms with E-state index in [4.69, 9.17) is 0 Å². The van der Waals surface area contributed by atoms with Crippen molar-refractivity contribution >= 4 is 10.0 Å². The second-order valence-electron chi connectivity index (χ2n) is 7.33. The van der Waals surface area contributed by atoms with Crippen LogP contribution in [0.5, 0.6) is 0 Å². The van der Waals surface area contributed by atoms with Crippen molar-refractivity contribution in [3.05, 3.63) is 0 Å². The molecule has 5 heteroatoms. The summed E-state index contributed by atoms with van der Waals surface area (Å²) < 4.78 is 27.1. The van der Waals surface area contributed by atoms with Crippen molar-refractivity contribution in [1.82, 2.24) is 9.62 Å². The van der Waals surface area contributed by atoms with Gasteiger partial charge in [-0.05, 0) is 56.9 Å². The van der Waals surface area contributed by atoms with E-state index in [2.05, 4.69) is 5.32 Å². The predicted molar refractivity (Wildman–Crippen MR) is 85.7 cm³/mol. The van der Waals surface area contributed by atoms with Crippen LogP contribution in [0.2, 0.25) is 0 Å². The molecule has 2 saturated carbocycles. The van der Waals surface area contributed by atoms with Gasteiger partial charge in [0, 0.05) is 19.1 Å². The number of rotatable bonds is 6. The number of sulfonamides is 1. The minimum absolute atomic E-state index is 0.399. The Kier molecular flexibility index (Phi) is 5.23. The third-order valence-corrected chi connectivity index (χ3v) is 7.33. The van der Waals surface area contributed by atoms with Crippen molar-refractivity contribution in [2.75, 3.05) is 25.4 Å². The zero-order chi connectivity index (χ0) is 14.7. The van der Waals surface area contributed by atoms with Crippen molar-refractivity contribution in [1.29, 1.82) is 0 Å². The molecule has 0 radical (unpaired) electrons. The number of hydrogen-bond acceptors (Lipinski definition) is 3. The van der Waals surface area contributed by atoms with Gasteiger partial charge in [-0.3, -0.25) is 0 Å². The Morgan fingerprint density at radius 1 is 0.905 bits per heavy atom. The maximum Gasteiger partial charge on any atom is 0.214 e. The van der Waals surface area contributed by atoms with Crippen molar-refractivity contribution in [2.24, 2.45) is 11.8 Å². The van der Waals surface area contributed by atoms with Gasteiger partial charge in [0.2, 0.25) is 10.0 Å². The van der Waals surface area contributed by atoms with E-state index < -0.39 is 10.0 Å². The summed E-state index contributed by atoms with van der Waals surface area (Å²) in [7, 11) is -3.03. The highest BCUT2D eigenvalue weighted by Gasteiger charge is 2.32. The Bertz CT molecular complexity index is 428. The first-order valence-electron chi connectivity index (χ1n) is 8.85. The summed E-state index contributed by atoms with van der Waals surface area (Å²) in [4.78, 5) is 0. The van der Waals surface area contributed by atoms with E-state index in [0.717, 1.165) is 44.9 Å². The Labute approximate surface area is 129 Å². The van der Waals surface area contributed by atoms with E-state index in [9.17, 15) is 8.42 Å². The Balaban J connectivity index is 1.50. The van der Waals surface area contributed by atoms with Crippen molar-refractivity contribution < 1.29 is 8.42 Å². The number of hydrogen-bond donors (Lipinski definition) is 1. The third kappa shape index (κ3) is 4.67. The SMILES string of the molecule is O=S(=O)(CC1CCCCC1)N1CCCC(CNC2CC2)C1. The average molecular weight is 314 g/mol. The van der Waals surface area contributed by atoms with Crippen molar-refractivity contribution in [3.63, 3.8) is 0 Å². The van der Waals surface area contributed by atoms with Crippen LogP contribution < -0.4 is 5.32 Å². The van der Waals surface area contributed by atoms with Gasteiger partial charge >= 0.3 is 0 Å². The van der Waals surface area contributed by atoms with Gasteiger partial charge in [-0.1, -0.05) is 19.3 Å². The van der Waals surface area contributed by atoms with Gasteiger partial charge in [-0.25, -0.2) is 12.7 Å². The molecule has 122 valence electrons. The lowest BCUT2D eigenvalue weighted by molar-refractivity contribution is 0.257. The highest BCUT2D eigenvalue weighted by Crippen LogP contribution is 2.28. The van der Waals surface area contributed by atoms with Gasteiger partial charge in [0.15, 0.2) is 0 Å². The summed E-state index contributed by atoms with van der Waals surface area (Å²) in [5.74, 6) is 1.32. The van der Waals surface area contributed by atoms with Crippen LogP contribution in [0.3, 0.4) is 0 Å². The first-order valence-corrected chi connectivity index (χ1v) is 10.5. The molecule has 1 heterocycles. The third-order valence-electron chi connectivity index (χ3n) is 5.32. The second-order valence-corrected chi connectivity index (χ2v) is 9.34. The Morgan fingerprint density at radius 3 is 2.33 bits per heavy atom. The maximum atomic E-state index is 12.7. The minimum Gasteiger partial charge on any atom is -0.314 e. The molecule has 3 aliphatic rings.